The third kappa shape index (κ3) is 31.9. The molecule has 4 heterocycles. The van der Waals surface area contributed by atoms with Crippen molar-refractivity contribution in [1.82, 2.24) is 72.9 Å². The fourth-order valence-electron chi connectivity index (χ4n) is 11.3. The number of carbonyl (C=O) groups excluding carboxylic acids is 14. The zero-order valence-electron chi connectivity index (χ0n) is 62.7. The predicted molar refractivity (Wildman–Crippen MR) is 425 cm³/mol. The lowest BCUT2D eigenvalue weighted by Gasteiger charge is -2.32. The number of fused-ring (bicyclic) bond motifs is 2. The summed E-state index contributed by atoms with van der Waals surface area (Å²) in [6.45, 7) is 4.68. The zero-order chi connectivity index (χ0) is 83.4. The molecule has 0 aliphatic carbocycles. The van der Waals surface area contributed by atoms with E-state index in [2.05, 4.69) is 73.1 Å². The molecule has 2 aliphatic heterocycles. The van der Waals surface area contributed by atoms with Crippen LogP contribution in [-0.2, 0) is 89.7 Å². The summed E-state index contributed by atoms with van der Waals surface area (Å²) in [5.41, 5.74) is 35.8. The monoisotopic (exact) mass is 1650 g/mol. The van der Waals surface area contributed by atoms with Crippen molar-refractivity contribution in [2.75, 3.05) is 55.7 Å². The number of primary amides is 2. The second kappa shape index (κ2) is 47.4. The van der Waals surface area contributed by atoms with Crippen molar-refractivity contribution in [2.45, 2.75) is 165 Å². The normalized spacial score (nSPS) is 22.8. The van der Waals surface area contributed by atoms with E-state index in [-0.39, 0.29) is 93.2 Å². The van der Waals surface area contributed by atoms with Crippen LogP contribution in [0.25, 0.3) is 21.8 Å². The predicted octanol–water partition coefficient (Wildman–Crippen LogP) is -3.66. The first-order chi connectivity index (χ1) is 53.6. The highest BCUT2D eigenvalue weighted by atomic mass is 33.1. The maximum atomic E-state index is 14.1. The smallest absolute Gasteiger partial charge is 0.305 e. The van der Waals surface area contributed by atoms with Crippen molar-refractivity contribution in [3.8, 4) is 0 Å². The number of nitrogens with one attached hydrogen (secondary N) is 12. The Morgan fingerprint density at radius 2 is 0.850 bits per heavy atom. The average Bonchev–Trinajstić information content (AvgIpc) is 1.73. The quantitative estimate of drug-likeness (QED) is 0.0165. The summed E-state index contributed by atoms with van der Waals surface area (Å²) in [6.07, 6.45) is 4.06. The molecule has 44 heteroatoms. The summed E-state index contributed by atoms with van der Waals surface area (Å²) in [5.74, 6) is -13.3. The van der Waals surface area contributed by atoms with Crippen LogP contribution in [0.3, 0.4) is 0 Å². The van der Waals surface area contributed by atoms with Crippen LogP contribution in [0, 0.1) is 0 Å². The van der Waals surface area contributed by atoms with Crippen molar-refractivity contribution in [3.63, 3.8) is 0 Å². The van der Waals surface area contributed by atoms with Crippen LogP contribution in [0.5, 0.6) is 0 Å². The Morgan fingerprint density at radius 1 is 0.460 bits per heavy atom. The zero-order valence-corrected chi connectivity index (χ0v) is 66.0. The SMILES string of the molecule is CC1NC(=O)C(CC(=O)O)NC(=O)CNC(=O)C(CCCCN=C(N)N)NC(=O)CCSSCC(C(N)=O)NC(=O)C(C)N(CCc2c[nH]c3ccccc23)C1=O.CC1NC(=O)C(CC(=O)O)NC(=O)CNC(=O)C(CCCCN=C(N)N)NC(=O)CCSSCC(C(N)=O)NC(=O)C(C)N(Cc2c[nH]c3ccccc23)C1=O. The minimum absolute atomic E-state index is 0.00433. The van der Waals surface area contributed by atoms with Crippen LogP contribution < -0.4 is 87.6 Å². The molecule has 2 aliphatic rings. The number of carboxylic acid groups (broad SMARTS) is 2. The molecule has 4 aromatic rings. The second-order valence-electron chi connectivity index (χ2n) is 26.1. The first-order valence-corrected chi connectivity index (χ1v) is 40.9. The number of H-pyrrole nitrogens is 2. The van der Waals surface area contributed by atoms with Gasteiger partial charge in [-0.3, -0.25) is 86.7 Å². The maximum Gasteiger partial charge on any atom is 0.305 e. The van der Waals surface area contributed by atoms with Crippen LogP contribution in [0.4, 0.5) is 0 Å². The van der Waals surface area contributed by atoms with E-state index in [0.29, 0.717) is 31.2 Å². The van der Waals surface area contributed by atoms with Crippen LogP contribution in [0.1, 0.15) is 103 Å². The Labute approximate surface area is 665 Å². The van der Waals surface area contributed by atoms with Gasteiger partial charge in [-0.05, 0) is 95.9 Å². The number of aromatic amines is 2. The summed E-state index contributed by atoms with van der Waals surface area (Å²) in [7, 11) is 4.82. The molecule has 0 spiro atoms. The van der Waals surface area contributed by atoms with Crippen molar-refractivity contribution in [2.24, 2.45) is 44.4 Å². The molecule has 10 atom stereocenters. The highest BCUT2D eigenvalue weighted by Crippen LogP contribution is 2.26. The van der Waals surface area contributed by atoms with Gasteiger partial charge in [0, 0.05) is 96.2 Å². The summed E-state index contributed by atoms with van der Waals surface area (Å²) in [5, 5.41) is 45.5. The highest BCUT2D eigenvalue weighted by Gasteiger charge is 2.37. The molecule has 2 aromatic carbocycles. The lowest BCUT2D eigenvalue weighted by Crippen LogP contribution is -2.59. The molecule has 14 amide bonds. The summed E-state index contributed by atoms with van der Waals surface area (Å²) < 4.78 is 0. The van der Waals surface area contributed by atoms with Gasteiger partial charge in [-0.1, -0.05) is 79.6 Å². The van der Waals surface area contributed by atoms with E-state index < -0.39 is 181 Å². The molecule has 0 saturated carbocycles. The molecule has 2 saturated heterocycles. The molecule has 618 valence electrons. The van der Waals surface area contributed by atoms with E-state index in [9.17, 15) is 86.9 Å². The lowest BCUT2D eigenvalue weighted by atomic mass is 10.1. The number of amides is 14. The van der Waals surface area contributed by atoms with Gasteiger partial charge in [0.2, 0.25) is 82.7 Å². The number of carboxylic acids is 2. The van der Waals surface area contributed by atoms with Gasteiger partial charge in [0.05, 0.1) is 25.9 Å². The fraction of sp³-hybridized carbons (Fsp3) is 0.507. The number of hydrogen-bond acceptors (Lipinski definition) is 22. The summed E-state index contributed by atoms with van der Waals surface area (Å²) in [4.78, 5) is 225. The second-order valence-corrected chi connectivity index (χ2v) is 31.4. The van der Waals surface area contributed by atoms with Crippen LogP contribution in [0.2, 0.25) is 0 Å². The minimum Gasteiger partial charge on any atom is -0.481 e. The number of carbonyl (C=O) groups is 16. The third-order valence-electron chi connectivity index (χ3n) is 17.4. The number of unbranched alkanes of at least 4 members (excludes halogenated alkanes) is 2. The number of rotatable bonds is 21. The van der Waals surface area contributed by atoms with Gasteiger partial charge in [-0.2, -0.15) is 0 Å². The van der Waals surface area contributed by atoms with Crippen LogP contribution in [0.15, 0.2) is 70.9 Å². The number of para-hydroxylation sites is 2. The topological polar surface area (TPSA) is 653 Å². The van der Waals surface area contributed by atoms with E-state index in [1.54, 1.807) is 18.5 Å². The van der Waals surface area contributed by atoms with Gasteiger partial charge in [0.15, 0.2) is 11.9 Å². The summed E-state index contributed by atoms with van der Waals surface area (Å²) in [6, 6.07) is 1.95. The number of aliphatic imine (C=N–C) groups is 2. The van der Waals surface area contributed by atoms with Crippen LogP contribution in [-0.4, -0.2) is 253 Å². The Hall–Kier alpha value is -11.0. The molecule has 2 fully saturated rings. The van der Waals surface area contributed by atoms with E-state index in [1.165, 1.54) is 80.7 Å². The largest absolute Gasteiger partial charge is 0.481 e. The molecule has 10 unspecified atom stereocenters. The molecule has 113 heavy (non-hydrogen) atoms. The van der Waals surface area contributed by atoms with Gasteiger partial charge in [0.1, 0.15) is 60.4 Å². The van der Waals surface area contributed by atoms with Gasteiger partial charge >= 0.3 is 11.9 Å². The van der Waals surface area contributed by atoms with Crippen molar-refractivity contribution >= 4 is 172 Å². The number of nitrogens with two attached hydrogens (primary N) is 6. The van der Waals surface area contributed by atoms with Crippen molar-refractivity contribution < 1.29 is 86.9 Å². The maximum absolute atomic E-state index is 14.1. The first-order valence-electron chi connectivity index (χ1n) is 35.9. The Kier molecular flexibility index (Phi) is 38.8. The van der Waals surface area contributed by atoms with Gasteiger partial charge in [0.25, 0.3) is 0 Å². The molecule has 2 aromatic heterocycles. The van der Waals surface area contributed by atoms with Gasteiger partial charge < -0.3 is 118 Å². The molecule has 40 nitrogen and oxygen atoms in total. The number of hydrogen-bond donors (Lipinski definition) is 20. The number of aliphatic carboxylic acids is 2. The highest BCUT2D eigenvalue weighted by molar-refractivity contribution is 8.77. The third-order valence-corrected chi connectivity index (χ3v) is 22.2. The Bertz CT molecular complexity index is 4100. The van der Waals surface area contributed by atoms with Crippen molar-refractivity contribution in [1.29, 1.82) is 0 Å². The van der Waals surface area contributed by atoms with E-state index >= 15 is 0 Å². The average molecular weight is 1650 g/mol. The Balaban J connectivity index is 0.000000404. The molecule has 0 bridgehead atoms. The van der Waals surface area contributed by atoms with Crippen LogP contribution >= 0.6 is 43.2 Å². The van der Waals surface area contributed by atoms with E-state index in [0.717, 1.165) is 27.4 Å². The summed E-state index contributed by atoms with van der Waals surface area (Å²) >= 11 is 0. The Morgan fingerprint density at radius 3 is 1.27 bits per heavy atom. The molecule has 26 N–H and O–H groups in total. The molecule has 0 radical (unpaired) electrons. The number of guanidine groups is 2. The lowest BCUT2D eigenvalue weighted by molar-refractivity contribution is -0.144. The standard InChI is InChI=1S/C35H51N11O9S2.C34H49N11O9S2/c1-19-34(55)46(13-10-21-16-40-23-8-4-3-7-22(21)23)20(2)31(52)45-26(30(36)51)18-57-56-14-11-27(47)43-24(9-5-6-12-39-35(37)38)32(53)41-17-28(48)44-25(15-29(49)50)33(54)42-19;1-18-33(54)45(16-20-14-39-22-8-4-3-7-21(20)22)19(2)30(51)44-25(29(35)50)17-56-55-12-10-26(46)42-23(9-5-6-11-38-34(36)37)31(52)40-15-27(47)43-24(13-28(48)49)32(53)41-18/h3-4,7-8,16,19-20,24-26,40H,5-6,9-15,17-18H2,1-2H3,(H2,36,51)(H,41,53)(H,42,54)(H,43,47)(H,44,48)(H,45,52)(H,49,50)(H4,37,38,39);3-4,7-8,14,18-19,23-25,39H,5-6,9-13,15-17H2,1-2H3,(H2,35,50)(H,40,52)(H,41,53)(H,42,46)(H,43,47)(H,44,51)(H,48,49)(H4,36,37,38). The minimum atomic E-state index is -1.67. The van der Waals surface area contributed by atoms with Crippen molar-refractivity contribution in [3.05, 3.63) is 72.1 Å². The molecular weight excluding hydrogens is 1550 g/mol. The van der Waals surface area contributed by atoms with E-state index in [1.807, 2.05) is 42.5 Å². The molecular formula is C69H100N22O18S4. The van der Waals surface area contributed by atoms with E-state index in [4.69, 9.17) is 34.4 Å². The number of nitrogens with zero attached hydrogens (tertiary/aromatic N) is 4. The number of benzene rings is 2. The fourth-order valence-corrected chi connectivity index (χ4v) is 15.6. The van der Waals surface area contributed by atoms with Gasteiger partial charge in [-0.15, -0.1) is 0 Å². The van der Waals surface area contributed by atoms with Gasteiger partial charge in [-0.25, -0.2) is 0 Å². The molecule has 6 rings (SSSR count). The first kappa shape index (κ1) is 92.6. The number of aromatic nitrogens is 2.